The average molecular weight is 507 g/mol. The molecule has 3 nitrogen and oxygen atoms in total. The Hall–Kier alpha value is -4.50. The van der Waals surface area contributed by atoms with Crippen LogP contribution in [0, 0.1) is 6.90 Å². The van der Waals surface area contributed by atoms with Crippen LogP contribution in [-0.2, 0) is 12.1 Å². The maximum atomic E-state index is 9.00. The zero-order chi connectivity index (χ0) is 27.7. The van der Waals surface area contributed by atoms with Gasteiger partial charge in [-0.25, -0.2) is 0 Å². The molecule has 0 fully saturated rings. The Morgan fingerprint density at radius 3 is 2.64 bits per heavy atom. The fourth-order valence-corrected chi connectivity index (χ4v) is 7.43. The number of rotatable bonds is 1. The molecule has 0 amide bonds. The molecular formula is C36H28N2O+2. The van der Waals surface area contributed by atoms with Crippen molar-refractivity contribution in [2.45, 2.75) is 38.7 Å². The maximum absolute atomic E-state index is 9.00. The van der Waals surface area contributed by atoms with Gasteiger partial charge in [-0.15, -0.1) is 9.13 Å². The van der Waals surface area contributed by atoms with Gasteiger partial charge in [0.2, 0.25) is 11.4 Å². The fourth-order valence-electron chi connectivity index (χ4n) is 7.43. The van der Waals surface area contributed by atoms with Crippen molar-refractivity contribution in [3.63, 3.8) is 0 Å². The van der Waals surface area contributed by atoms with E-state index in [1.807, 2.05) is 13.8 Å². The first-order valence-corrected chi connectivity index (χ1v) is 13.6. The zero-order valence-electron chi connectivity index (χ0n) is 24.0. The molecule has 1 atom stereocenters. The molecule has 9 rings (SSSR count). The SMILES string of the molecule is [2H]Cc1c[n+]2c(cc1C([2H])(C)C)-c1c(ccc3c1oc1c4c(ccc13)CC=C4)C21c2ccccc2-c2cccc[n+]21. The van der Waals surface area contributed by atoms with Gasteiger partial charge in [-0.1, -0.05) is 50.3 Å². The minimum absolute atomic E-state index is 0.108. The molecule has 3 aromatic heterocycles. The molecule has 6 aromatic rings. The molecule has 186 valence electrons. The Balaban J connectivity index is 1.50. The summed E-state index contributed by atoms with van der Waals surface area (Å²) in [5, 5.41) is 2.23. The number of furan rings is 1. The highest BCUT2D eigenvalue weighted by Crippen LogP contribution is 2.51. The van der Waals surface area contributed by atoms with Gasteiger partial charge in [-0.05, 0) is 60.7 Å². The summed E-state index contributed by atoms with van der Waals surface area (Å²) in [5.41, 5.74) is 12.1. The number of pyridine rings is 2. The molecule has 2 aliphatic heterocycles. The standard InChI is InChI=1S/C36H28N2O/c1-21(2)28-19-32-33-30(17-16-26-25-15-14-23-9-8-11-24(23)34(25)39-35(26)33)36(38(32)20-22(28)3)29-12-5-4-10-27(29)31-13-6-7-18-37(31)36/h4-8,10-21H,9H2,1-3H3/q+2/i3D,21D. The van der Waals surface area contributed by atoms with Crippen molar-refractivity contribution in [2.75, 3.05) is 0 Å². The second-order valence-electron chi connectivity index (χ2n) is 11.2. The minimum Gasteiger partial charge on any atom is -0.454 e. The van der Waals surface area contributed by atoms with Crippen LogP contribution in [-0.4, -0.2) is 0 Å². The Morgan fingerprint density at radius 1 is 0.897 bits per heavy atom. The smallest absolute Gasteiger partial charge is 0.417 e. The van der Waals surface area contributed by atoms with Crippen LogP contribution in [0.25, 0.3) is 50.5 Å². The van der Waals surface area contributed by atoms with Crippen LogP contribution in [0.2, 0.25) is 0 Å². The number of nitrogens with zero attached hydrogens (tertiary/aromatic N) is 2. The van der Waals surface area contributed by atoms with Crippen LogP contribution in [0.15, 0.2) is 95.7 Å². The maximum Gasteiger partial charge on any atom is 0.417 e. The highest BCUT2D eigenvalue weighted by Gasteiger charge is 2.67. The number of aryl methyl sites for hydroxylation is 1. The monoisotopic (exact) mass is 506 g/mol. The summed E-state index contributed by atoms with van der Waals surface area (Å²) in [6, 6.07) is 26.1. The summed E-state index contributed by atoms with van der Waals surface area (Å²) in [6.07, 6.45) is 9.63. The van der Waals surface area contributed by atoms with E-state index >= 15 is 0 Å². The number of aromatic nitrogens is 2. The minimum atomic E-state index is -0.853. The van der Waals surface area contributed by atoms with Crippen LogP contribution in [0.5, 0.6) is 0 Å². The third-order valence-corrected chi connectivity index (χ3v) is 9.04. The summed E-state index contributed by atoms with van der Waals surface area (Å²) >= 11 is 0. The Kier molecular flexibility index (Phi) is 3.57. The van der Waals surface area contributed by atoms with Crippen molar-refractivity contribution in [2.24, 2.45) is 0 Å². The lowest BCUT2D eigenvalue weighted by atomic mass is 9.89. The summed E-state index contributed by atoms with van der Waals surface area (Å²) in [5.74, 6) is -0.853. The van der Waals surface area contributed by atoms with Gasteiger partial charge in [0.25, 0.3) is 0 Å². The van der Waals surface area contributed by atoms with Crippen molar-refractivity contribution in [1.82, 2.24) is 0 Å². The van der Waals surface area contributed by atoms with Crippen LogP contribution >= 0.6 is 0 Å². The molecular weight excluding hydrogens is 476 g/mol. The van der Waals surface area contributed by atoms with E-state index in [9.17, 15) is 0 Å². The zero-order valence-corrected chi connectivity index (χ0v) is 22.0. The van der Waals surface area contributed by atoms with E-state index in [0.29, 0.717) is 0 Å². The van der Waals surface area contributed by atoms with E-state index in [4.69, 9.17) is 7.16 Å². The molecule has 3 heteroatoms. The van der Waals surface area contributed by atoms with Crippen molar-refractivity contribution in [3.05, 3.63) is 125 Å². The summed E-state index contributed by atoms with van der Waals surface area (Å²) in [7, 11) is 0. The molecule has 1 unspecified atom stereocenters. The van der Waals surface area contributed by atoms with E-state index in [1.165, 1.54) is 22.3 Å². The predicted molar refractivity (Wildman–Crippen MR) is 155 cm³/mol. The first-order chi connectivity index (χ1) is 19.9. The molecule has 1 spiro atoms. The lowest BCUT2D eigenvalue weighted by Gasteiger charge is -2.18. The predicted octanol–water partition coefficient (Wildman–Crippen LogP) is 7.42. The molecule has 5 heterocycles. The fraction of sp³-hybridized carbons (Fsp3) is 0.167. The number of hydrogen-bond acceptors (Lipinski definition) is 1. The van der Waals surface area contributed by atoms with Gasteiger partial charge in [-0.2, -0.15) is 0 Å². The van der Waals surface area contributed by atoms with Gasteiger partial charge in [0.1, 0.15) is 27.9 Å². The summed E-state index contributed by atoms with van der Waals surface area (Å²) in [6.45, 7) is 3.93. The number of hydrogen-bond donors (Lipinski definition) is 0. The van der Waals surface area contributed by atoms with Crippen LogP contribution < -0.4 is 9.13 Å². The quantitative estimate of drug-likeness (QED) is 0.212. The van der Waals surface area contributed by atoms with Crippen LogP contribution in [0.1, 0.15) is 55.9 Å². The molecule has 0 bridgehead atoms. The van der Waals surface area contributed by atoms with Gasteiger partial charge in [0.15, 0.2) is 12.4 Å². The third-order valence-electron chi connectivity index (χ3n) is 9.04. The third kappa shape index (κ3) is 2.41. The number of allylic oxidation sites excluding steroid dienone is 1. The van der Waals surface area contributed by atoms with E-state index in [1.54, 1.807) is 0 Å². The van der Waals surface area contributed by atoms with E-state index in [2.05, 4.69) is 106 Å². The second-order valence-corrected chi connectivity index (χ2v) is 11.2. The molecule has 0 N–H and O–H groups in total. The lowest BCUT2D eigenvalue weighted by molar-refractivity contribution is -0.955. The first kappa shape index (κ1) is 19.6. The van der Waals surface area contributed by atoms with Gasteiger partial charge in [0, 0.05) is 42.8 Å². The molecule has 3 aliphatic rings. The Labute approximate surface area is 230 Å². The molecule has 3 aromatic carbocycles. The summed E-state index contributed by atoms with van der Waals surface area (Å²) < 4.78 is 29.1. The Bertz CT molecular complexity index is 2120. The van der Waals surface area contributed by atoms with E-state index in [0.717, 1.165) is 62.0 Å². The lowest BCUT2D eigenvalue weighted by Crippen LogP contribution is -2.71. The van der Waals surface area contributed by atoms with Gasteiger partial charge >= 0.3 is 5.66 Å². The normalized spacial score (nSPS) is 18.7. The number of fused-ring (bicyclic) bond motifs is 16. The molecule has 39 heavy (non-hydrogen) atoms. The first-order valence-electron chi connectivity index (χ1n) is 14.8. The Morgan fingerprint density at radius 2 is 1.74 bits per heavy atom. The topological polar surface area (TPSA) is 20.9 Å². The van der Waals surface area contributed by atoms with Gasteiger partial charge < -0.3 is 4.42 Å². The van der Waals surface area contributed by atoms with Gasteiger partial charge in [0.05, 0.1) is 5.56 Å². The highest BCUT2D eigenvalue weighted by molar-refractivity contribution is 6.12. The van der Waals surface area contributed by atoms with E-state index in [-0.39, 0.29) is 6.90 Å². The van der Waals surface area contributed by atoms with Crippen LogP contribution in [0.3, 0.4) is 0 Å². The largest absolute Gasteiger partial charge is 0.454 e. The van der Waals surface area contributed by atoms with E-state index < -0.39 is 11.6 Å². The highest BCUT2D eigenvalue weighted by atomic mass is 16.3. The van der Waals surface area contributed by atoms with Crippen molar-refractivity contribution in [3.8, 4) is 22.5 Å². The van der Waals surface area contributed by atoms with Crippen molar-refractivity contribution < 1.29 is 16.3 Å². The second kappa shape index (κ2) is 7.12. The van der Waals surface area contributed by atoms with Gasteiger partial charge in [-0.3, -0.25) is 0 Å². The summed E-state index contributed by atoms with van der Waals surface area (Å²) in [4.78, 5) is 0. The molecule has 1 aliphatic carbocycles. The van der Waals surface area contributed by atoms with Crippen molar-refractivity contribution in [1.29, 1.82) is 0 Å². The number of benzene rings is 3. The molecule has 0 saturated heterocycles. The molecule has 0 radical (unpaired) electrons. The molecule has 0 saturated carbocycles. The van der Waals surface area contributed by atoms with Crippen LogP contribution in [0.4, 0.5) is 0 Å². The van der Waals surface area contributed by atoms with Crippen molar-refractivity contribution >= 4 is 28.0 Å². The average Bonchev–Trinajstić information content (AvgIpc) is 3.73.